The van der Waals surface area contributed by atoms with Crippen LogP contribution in [0.1, 0.15) is 27.2 Å². The fourth-order valence-electron chi connectivity index (χ4n) is 2.88. The van der Waals surface area contributed by atoms with Gasteiger partial charge < -0.3 is 14.4 Å². The summed E-state index contributed by atoms with van der Waals surface area (Å²) in [6.07, 6.45) is 0.736. The van der Waals surface area contributed by atoms with Crippen LogP contribution in [-0.4, -0.2) is 42.8 Å². The van der Waals surface area contributed by atoms with Crippen molar-refractivity contribution in [1.82, 2.24) is 4.90 Å². The molecule has 2 bridgehead atoms. The molecule has 1 aliphatic carbocycles. The molecule has 3 aliphatic rings. The van der Waals surface area contributed by atoms with E-state index in [0.29, 0.717) is 13.1 Å². The zero-order chi connectivity index (χ0) is 13.5. The summed E-state index contributed by atoms with van der Waals surface area (Å²) in [6, 6.07) is 0. The highest BCUT2D eigenvalue weighted by atomic mass is 16.6. The standard InChI is InChI=1S/C13H21NO4/c1-13(2,3)18-12(16)14-6-8-5-9(7-14)10(8)11(15)17-4/h8-10H,5-7H2,1-4H3. The molecule has 2 unspecified atom stereocenters. The van der Waals surface area contributed by atoms with Crippen molar-refractivity contribution < 1.29 is 19.1 Å². The molecule has 1 saturated carbocycles. The summed E-state index contributed by atoms with van der Waals surface area (Å²) in [5.41, 5.74) is -0.472. The maximum absolute atomic E-state index is 11.9. The summed E-state index contributed by atoms with van der Waals surface area (Å²) in [4.78, 5) is 25.2. The number of piperidine rings is 2. The van der Waals surface area contributed by atoms with E-state index in [9.17, 15) is 9.59 Å². The number of carbonyl (C=O) groups excluding carboxylic acids is 2. The first kappa shape index (κ1) is 13.2. The van der Waals surface area contributed by atoms with Crippen LogP contribution in [0.3, 0.4) is 0 Å². The zero-order valence-electron chi connectivity index (χ0n) is 11.4. The van der Waals surface area contributed by atoms with Crippen molar-refractivity contribution in [2.75, 3.05) is 20.2 Å². The highest BCUT2D eigenvalue weighted by Gasteiger charge is 2.52. The normalized spacial score (nSPS) is 30.4. The molecule has 0 aromatic carbocycles. The maximum atomic E-state index is 11.9. The van der Waals surface area contributed by atoms with Gasteiger partial charge in [-0.3, -0.25) is 4.79 Å². The average molecular weight is 255 g/mol. The minimum Gasteiger partial charge on any atom is -0.469 e. The van der Waals surface area contributed by atoms with Crippen molar-refractivity contribution >= 4 is 12.1 Å². The Morgan fingerprint density at radius 2 is 1.72 bits per heavy atom. The van der Waals surface area contributed by atoms with E-state index < -0.39 is 5.60 Å². The second-order valence-corrected chi connectivity index (χ2v) is 6.19. The Labute approximate surface area is 107 Å². The Hall–Kier alpha value is -1.26. The van der Waals surface area contributed by atoms with Gasteiger partial charge in [0.2, 0.25) is 0 Å². The van der Waals surface area contributed by atoms with Gasteiger partial charge in [-0.25, -0.2) is 4.79 Å². The van der Waals surface area contributed by atoms with Crippen molar-refractivity contribution in [3.05, 3.63) is 0 Å². The van der Waals surface area contributed by atoms with Gasteiger partial charge in [-0.1, -0.05) is 0 Å². The predicted octanol–water partition coefficient (Wildman–Crippen LogP) is 1.66. The highest BCUT2D eigenvalue weighted by molar-refractivity contribution is 5.75. The topological polar surface area (TPSA) is 55.8 Å². The molecular weight excluding hydrogens is 234 g/mol. The van der Waals surface area contributed by atoms with Crippen LogP contribution < -0.4 is 0 Å². The van der Waals surface area contributed by atoms with Gasteiger partial charge >= 0.3 is 12.1 Å². The van der Waals surface area contributed by atoms with E-state index in [0.717, 1.165) is 6.42 Å². The Morgan fingerprint density at radius 3 is 2.17 bits per heavy atom. The molecule has 18 heavy (non-hydrogen) atoms. The third-order valence-electron chi connectivity index (χ3n) is 3.66. The van der Waals surface area contributed by atoms with Gasteiger partial charge in [0.1, 0.15) is 5.60 Å². The van der Waals surface area contributed by atoms with Crippen molar-refractivity contribution in [2.45, 2.75) is 32.8 Å². The van der Waals surface area contributed by atoms with Crippen LogP contribution in [-0.2, 0) is 14.3 Å². The number of rotatable bonds is 1. The van der Waals surface area contributed by atoms with E-state index in [1.807, 2.05) is 20.8 Å². The van der Waals surface area contributed by atoms with Crippen LogP contribution in [0.4, 0.5) is 4.79 Å². The SMILES string of the molecule is COC(=O)C1C2CC1CN(C(=O)OC(C)(C)C)C2. The van der Waals surface area contributed by atoms with E-state index in [-0.39, 0.29) is 29.8 Å². The number of carbonyl (C=O) groups is 2. The molecule has 2 saturated heterocycles. The van der Waals surface area contributed by atoms with E-state index in [1.165, 1.54) is 7.11 Å². The Morgan fingerprint density at radius 1 is 1.17 bits per heavy atom. The molecule has 2 aliphatic heterocycles. The van der Waals surface area contributed by atoms with Crippen molar-refractivity contribution in [2.24, 2.45) is 17.8 Å². The lowest BCUT2D eigenvalue weighted by Crippen LogP contribution is -2.59. The van der Waals surface area contributed by atoms with Crippen LogP contribution in [0.2, 0.25) is 0 Å². The van der Waals surface area contributed by atoms with Crippen LogP contribution in [0.15, 0.2) is 0 Å². The van der Waals surface area contributed by atoms with Gasteiger partial charge in [0.15, 0.2) is 0 Å². The van der Waals surface area contributed by atoms with E-state index in [2.05, 4.69) is 0 Å². The Bertz CT molecular complexity index is 348. The van der Waals surface area contributed by atoms with Gasteiger partial charge in [-0.05, 0) is 39.0 Å². The number of hydrogen-bond acceptors (Lipinski definition) is 4. The summed E-state index contributed by atoms with van der Waals surface area (Å²) < 4.78 is 10.1. The van der Waals surface area contributed by atoms with E-state index >= 15 is 0 Å². The third kappa shape index (κ3) is 2.44. The summed E-state index contributed by atoms with van der Waals surface area (Å²) in [5, 5.41) is 0. The first-order valence-corrected chi connectivity index (χ1v) is 6.37. The number of hydrogen-bond donors (Lipinski definition) is 0. The summed E-state index contributed by atoms with van der Waals surface area (Å²) in [5.74, 6) is 0.321. The van der Waals surface area contributed by atoms with Gasteiger partial charge in [-0.2, -0.15) is 0 Å². The zero-order valence-corrected chi connectivity index (χ0v) is 11.4. The number of amides is 1. The fraction of sp³-hybridized carbons (Fsp3) is 0.846. The van der Waals surface area contributed by atoms with Crippen molar-refractivity contribution in [3.63, 3.8) is 0 Å². The second kappa shape index (κ2) is 4.44. The molecular formula is C13H21NO4. The van der Waals surface area contributed by atoms with Gasteiger partial charge in [-0.15, -0.1) is 0 Å². The lowest BCUT2D eigenvalue weighted by molar-refractivity contribution is -0.162. The molecule has 0 radical (unpaired) electrons. The summed E-state index contributed by atoms with van der Waals surface area (Å²) in [7, 11) is 1.42. The number of methoxy groups -OCH3 is 1. The maximum Gasteiger partial charge on any atom is 0.410 e. The molecule has 0 aromatic heterocycles. The van der Waals surface area contributed by atoms with Gasteiger partial charge in [0.25, 0.3) is 0 Å². The summed E-state index contributed by atoms with van der Waals surface area (Å²) >= 11 is 0. The lowest BCUT2D eigenvalue weighted by Gasteiger charge is -2.51. The monoisotopic (exact) mass is 255 g/mol. The molecule has 1 amide bonds. The quantitative estimate of drug-likeness (QED) is 0.669. The van der Waals surface area contributed by atoms with Gasteiger partial charge in [0, 0.05) is 13.1 Å². The van der Waals surface area contributed by atoms with Crippen LogP contribution >= 0.6 is 0 Å². The molecule has 0 spiro atoms. The lowest BCUT2D eigenvalue weighted by atomic mass is 9.61. The smallest absolute Gasteiger partial charge is 0.410 e. The number of fused-ring (bicyclic) bond motifs is 2. The van der Waals surface area contributed by atoms with Crippen LogP contribution in [0.5, 0.6) is 0 Å². The van der Waals surface area contributed by atoms with Gasteiger partial charge in [0.05, 0.1) is 13.0 Å². The van der Waals surface area contributed by atoms with Crippen LogP contribution in [0.25, 0.3) is 0 Å². The number of esters is 1. The molecule has 0 aromatic rings. The van der Waals surface area contributed by atoms with E-state index in [4.69, 9.17) is 9.47 Å². The Balaban J connectivity index is 1.91. The fourth-order valence-corrected chi connectivity index (χ4v) is 2.88. The molecule has 3 rings (SSSR count). The molecule has 5 heteroatoms. The van der Waals surface area contributed by atoms with Crippen molar-refractivity contribution in [3.8, 4) is 0 Å². The highest BCUT2D eigenvalue weighted by Crippen LogP contribution is 2.46. The molecule has 2 heterocycles. The molecule has 3 fully saturated rings. The number of nitrogens with zero attached hydrogens (tertiary/aromatic N) is 1. The largest absolute Gasteiger partial charge is 0.469 e. The molecule has 5 nitrogen and oxygen atoms in total. The number of ether oxygens (including phenoxy) is 2. The molecule has 2 atom stereocenters. The van der Waals surface area contributed by atoms with Crippen LogP contribution in [0, 0.1) is 17.8 Å². The first-order chi connectivity index (χ1) is 8.31. The second-order valence-electron chi connectivity index (χ2n) is 6.19. The minimum absolute atomic E-state index is 0.0197. The predicted molar refractivity (Wildman–Crippen MR) is 64.9 cm³/mol. The van der Waals surface area contributed by atoms with E-state index in [1.54, 1.807) is 4.90 Å². The average Bonchev–Trinajstić information content (AvgIpc) is 2.26. The Kier molecular flexibility index (Phi) is 3.25. The van der Waals surface area contributed by atoms with Crippen molar-refractivity contribution in [1.29, 1.82) is 0 Å². The minimum atomic E-state index is -0.472. The third-order valence-corrected chi connectivity index (χ3v) is 3.66. The summed E-state index contributed by atoms with van der Waals surface area (Å²) in [6.45, 7) is 6.77. The molecule has 0 N–H and O–H groups in total. The first-order valence-electron chi connectivity index (χ1n) is 6.37. The molecule has 102 valence electrons.